The van der Waals surface area contributed by atoms with E-state index < -0.39 is 11.9 Å². The molecule has 196 valence electrons. The normalized spacial score (nSPS) is 21.3. The van der Waals surface area contributed by atoms with Gasteiger partial charge in [0.25, 0.3) is 0 Å². The number of ether oxygens (including phenoxy) is 1. The fraction of sp³-hybridized carbons (Fsp3) is 0.607. The first-order chi connectivity index (χ1) is 17.5. The molecule has 1 saturated heterocycles. The molecular weight excluding hydrogens is 456 g/mol. The third kappa shape index (κ3) is 6.09. The number of carboxylic acids is 1. The number of likely N-dealkylation sites (tertiary alicyclic amines) is 1. The third-order valence-electron chi connectivity index (χ3n) is 7.64. The van der Waals surface area contributed by atoms with Crippen LogP contribution >= 0.6 is 0 Å². The number of fused-ring (bicyclic) bond motifs is 1. The van der Waals surface area contributed by atoms with Gasteiger partial charge in [0, 0.05) is 57.0 Å². The first kappa shape index (κ1) is 26.2. The quantitative estimate of drug-likeness (QED) is 0.454. The Kier molecular flexibility index (Phi) is 9.02. The van der Waals surface area contributed by atoms with E-state index in [4.69, 9.17) is 4.74 Å². The van der Waals surface area contributed by atoms with Gasteiger partial charge in [0.2, 0.25) is 5.91 Å². The number of benzene rings is 1. The van der Waals surface area contributed by atoms with E-state index in [2.05, 4.69) is 29.9 Å². The lowest BCUT2D eigenvalue weighted by atomic mass is 9.83. The molecule has 2 aliphatic heterocycles. The van der Waals surface area contributed by atoms with E-state index in [9.17, 15) is 14.7 Å². The summed E-state index contributed by atoms with van der Waals surface area (Å²) in [5, 5.41) is 14.7. The average Bonchev–Trinajstić information content (AvgIpc) is 3.62. The van der Waals surface area contributed by atoms with Crippen LogP contribution in [0, 0.1) is 5.92 Å². The highest BCUT2D eigenvalue weighted by Crippen LogP contribution is 2.41. The van der Waals surface area contributed by atoms with Crippen LogP contribution in [0.2, 0.25) is 0 Å². The van der Waals surface area contributed by atoms with Crippen LogP contribution in [0.25, 0.3) is 0 Å². The molecule has 1 N–H and O–H groups in total. The molecule has 8 heteroatoms. The Hall–Kier alpha value is -2.87. The molecule has 8 nitrogen and oxygen atoms in total. The summed E-state index contributed by atoms with van der Waals surface area (Å²) in [6, 6.07) is 7.73. The van der Waals surface area contributed by atoms with Crippen LogP contribution in [0.1, 0.15) is 63.0 Å². The Morgan fingerprint density at radius 1 is 1.19 bits per heavy atom. The van der Waals surface area contributed by atoms with Crippen LogP contribution in [0.5, 0.6) is 5.75 Å². The van der Waals surface area contributed by atoms with E-state index in [-0.39, 0.29) is 24.4 Å². The molecule has 3 atom stereocenters. The summed E-state index contributed by atoms with van der Waals surface area (Å²) in [5.74, 6) is -0.565. The molecule has 2 aliphatic rings. The van der Waals surface area contributed by atoms with Gasteiger partial charge in [0.15, 0.2) is 0 Å². The Labute approximate surface area is 214 Å². The molecule has 1 fully saturated rings. The number of aromatic nitrogens is 2. The van der Waals surface area contributed by atoms with Crippen molar-refractivity contribution >= 4 is 11.9 Å². The topological polar surface area (TPSA) is 87.9 Å². The van der Waals surface area contributed by atoms with Crippen molar-refractivity contribution in [2.45, 2.75) is 70.9 Å². The molecule has 0 saturated carbocycles. The van der Waals surface area contributed by atoms with Crippen molar-refractivity contribution < 1.29 is 19.4 Å². The van der Waals surface area contributed by atoms with Crippen LogP contribution in [0.15, 0.2) is 36.7 Å². The second kappa shape index (κ2) is 12.4. The summed E-state index contributed by atoms with van der Waals surface area (Å²) >= 11 is 0. The Morgan fingerprint density at radius 3 is 2.64 bits per heavy atom. The fourth-order valence-electron chi connectivity index (χ4n) is 5.66. The minimum absolute atomic E-state index is 0.105. The van der Waals surface area contributed by atoms with Gasteiger partial charge in [-0.25, -0.2) is 0 Å². The maximum absolute atomic E-state index is 13.5. The second-order valence-electron chi connectivity index (χ2n) is 10.1. The number of unbranched alkanes of at least 4 members (excludes halogenated alkanes) is 2. The van der Waals surface area contributed by atoms with Crippen molar-refractivity contribution in [3.8, 4) is 5.75 Å². The zero-order valence-electron chi connectivity index (χ0n) is 21.6. The lowest BCUT2D eigenvalue weighted by Crippen LogP contribution is -2.45. The number of aliphatic carboxylic acids is 1. The zero-order chi connectivity index (χ0) is 25.5. The molecule has 4 rings (SSSR count). The SMILES string of the molecule is CCCCN(CCCC)C(=O)CN1CC(c2ccc3c(c2)CCO3)[C@H](C(=O)O)[C@H]1CCn1cccn1. The number of amides is 1. The summed E-state index contributed by atoms with van der Waals surface area (Å²) < 4.78 is 7.51. The van der Waals surface area contributed by atoms with Crippen molar-refractivity contribution in [2.24, 2.45) is 5.92 Å². The number of hydrogen-bond acceptors (Lipinski definition) is 5. The molecule has 1 aromatic carbocycles. The summed E-state index contributed by atoms with van der Waals surface area (Å²) in [7, 11) is 0. The van der Waals surface area contributed by atoms with Crippen LogP contribution in [-0.4, -0.2) is 75.4 Å². The third-order valence-corrected chi connectivity index (χ3v) is 7.64. The maximum Gasteiger partial charge on any atom is 0.308 e. The van der Waals surface area contributed by atoms with E-state index in [0.29, 0.717) is 26.1 Å². The second-order valence-corrected chi connectivity index (χ2v) is 10.1. The van der Waals surface area contributed by atoms with Crippen LogP contribution in [0.3, 0.4) is 0 Å². The van der Waals surface area contributed by atoms with Crippen molar-refractivity contribution in [1.82, 2.24) is 19.6 Å². The van der Waals surface area contributed by atoms with Crippen molar-refractivity contribution in [1.29, 1.82) is 0 Å². The van der Waals surface area contributed by atoms with Crippen LogP contribution in [0.4, 0.5) is 0 Å². The van der Waals surface area contributed by atoms with E-state index in [1.807, 2.05) is 34.0 Å². The molecule has 1 amide bonds. The molecule has 0 bridgehead atoms. The average molecular weight is 497 g/mol. The summed E-state index contributed by atoms with van der Waals surface area (Å²) in [4.78, 5) is 30.2. The summed E-state index contributed by atoms with van der Waals surface area (Å²) in [6.45, 7) is 7.90. The van der Waals surface area contributed by atoms with Gasteiger partial charge in [-0.2, -0.15) is 5.10 Å². The molecule has 3 heterocycles. The minimum atomic E-state index is -0.800. The lowest BCUT2D eigenvalue weighted by Gasteiger charge is -2.29. The summed E-state index contributed by atoms with van der Waals surface area (Å²) in [5.41, 5.74) is 2.17. The maximum atomic E-state index is 13.5. The highest BCUT2D eigenvalue weighted by molar-refractivity contribution is 5.79. The molecule has 0 aliphatic carbocycles. The van der Waals surface area contributed by atoms with Crippen LogP contribution in [-0.2, 0) is 22.6 Å². The number of aryl methyl sites for hydroxylation is 1. The largest absolute Gasteiger partial charge is 0.493 e. The van der Waals surface area contributed by atoms with Gasteiger partial charge in [-0.05, 0) is 42.5 Å². The number of hydrogen-bond donors (Lipinski definition) is 1. The van der Waals surface area contributed by atoms with Gasteiger partial charge < -0.3 is 14.7 Å². The van der Waals surface area contributed by atoms with Crippen LogP contribution < -0.4 is 4.74 Å². The minimum Gasteiger partial charge on any atom is -0.493 e. The number of carbonyl (C=O) groups is 2. The summed E-state index contributed by atoms with van der Waals surface area (Å²) in [6.07, 6.45) is 9.15. The highest BCUT2D eigenvalue weighted by atomic mass is 16.5. The molecule has 36 heavy (non-hydrogen) atoms. The van der Waals surface area contributed by atoms with Gasteiger partial charge in [0.1, 0.15) is 5.75 Å². The molecule has 0 radical (unpaired) electrons. The molecule has 0 spiro atoms. The van der Waals surface area contributed by atoms with Crippen molar-refractivity contribution in [2.75, 3.05) is 32.8 Å². The molecular formula is C28H40N4O4. The number of carboxylic acid groups (broad SMARTS) is 1. The van der Waals surface area contributed by atoms with Gasteiger partial charge in [-0.1, -0.05) is 38.8 Å². The molecule has 1 unspecified atom stereocenters. The predicted molar refractivity (Wildman–Crippen MR) is 138 cm³/mol. The monoisotopic (exact) mass is 496 g/mol. The first-order valence-corrected chi connectivity index (χ1v) is 13.5. The van der Waals surface area contributed by atoms with Gasteiger partial charge in [-0.3, -0.25) is 19.2 Å². The fourth-order valence-corrected chi connectivity index (χ4v) is 5.66. The van der Waals surface area contributed by atoms with Gasteiger partial charge in [-0.15, -0.1) is 0 Å². The van der Waals surface area contributed by atoms with E-state index in [0.717, 1.165) is 62.1 Å². The standard InChI is InChI=1S/C28H40N4O4/c1-3-5-13-30(14-6-4-2)26(33)20-31-19-23(21-8-9-25-22(18-21)11-17-36-25)27(28(34)35)24(31)10-16-32-15-7-12-29-32/h7-9,12,15,18,23-24,27H,3-6,10-11,13-14,16-17,19-20H2,1-2H3,(H,34,35)/t23?,24-,27+/m1/s1. The first-order valence-electron chi connectivity index (χ1n) is 13.5. The van der Waals surface area contributed by atoms with E-state index in [1.54, 1.807) is 6.20 Å². The molecule has 1 aromatic heterocycles. The van der Waals surface area contributed by atoms with Gasteiger partial charge in [0.05, 0.1) is 19.1 Å². The van der Waals surface area contributed by atoms with Crippen molar-refractivity contribution in [3.63, 3.8) is 0 Å². The molecule has 2 aromatic rings. The highest BCUT2D eigenvalue weighted by Gasteiger charge is 2.47. The van der Waals surface area contributed by atoms with Crippen molar-refractivity contribution in [3.05, 3.63) is 47.8 Å². The number of nitrogens with zero attached hydrogens (tertiary/aromatic N) is 4. The Morgan fingerprint density at radius 2 is 1.97 bits per heavy atom. The lowest BCUT2D eigenvalue weighted by molar-refractivity contribution is -0.144. The Bertz CT molecular complexity index is 1000. The predicted octanol–water partition coefficient (Wildman–Crippen LogP) is 3.81. The Balaban J connectivity index is 1.58. The van der Waals surface area contributed by atoms with Gasteiger partial charge >= 0.3 is 5.97 Å². The zero-order valence-corrected chi connectivity index (χ0v) is 21.6. The van der Waals surface area contributed by atoms with E-state index in [1.165, 1.54) is 0 Å². The number of carbonyl (C=O) groups excluding carboxylic acids is 1. The smallest absolute Gasteiger partial charge is 0.308 e. The van der Waals surface area contributed by atoms with E-state index >= 15 is 0 Å². The number of rotatable bonds is 13.